The first kappa shape index (κ1) is 34.8. The van der Waals surface area contributed by atoms with Crippen molar-refractivity contribution in [2.24, 2.45) is 0 Å². The number of nitrogens with zero attached hydrogens (tertiary/aromatic N) is 4. The van der Waals surface area contributed by atoms with Gasteiger partial charge in [-0.15, -0.1) is 0 Å². The lowest BCUT2D eigenvalue weighted by Crippen LogP contribution is -2.37. The molecule has 0 fully saturated rings. The maximum absolute atomic E-state index is 12.9. The Morgan fingerprint density at radius 1 is 0.615 bits per heavy atom. The molecular formula is C42H46N6O4. The lowest BCUT2D eigenvalue weighted by atomic mass is 9.98. The Morgan fingerprint density at radius 3 is 1.50 bits per heavy atom. The SMILES string of the molecule is CC1=CC(c2ncc(-c3ccc(-c4ccc5cc(-c6cnc([C@@H]7C=C(C)CN7C(=O)OC(C)(C)C)[nH]6)ccc5c4)cc3)[nH]2)N(C(=O)OC(C)(C)C)C1. The maximum atomic E-state index is 12.9. The molecule has 2 aromatic heterocycles. The number of aromatic nitrogens is 4. The average molecular weight is 699 g/mol. The zero-order valence-electron chi connectivity index (χ0n) is 31.1. The molecule has 2 N–H and O–H groups in total. The lowest BCUT2D eigenvalue weighted by molar-refractivity contribution is 0.0222. The molecule has 10 heteroatoms. The number of rotatable bonds is 5. The number of hydrogen-bond acceptors (Lipinski definition) is 6. The van der Waals surface area contributed by atoms with Gasteiger partial charge in [0.15, 0.2) is 0 Å². The number of ether oxygens (including phenoxy) is 2. The summed E-state index contributed by atoms with van der Waals surface area (Å²) in [5.41, 5.74) is 7.06. The predicted molar refractivity (Wildman–Crippen MR) is 203 cm³/mol. The summed E-state index contributed by atoms with van der Waals surface area (Å²) in [4.78, 5) is 45.5. The van der Waals surface area contributed by atoms with E-state index in [9.17, 15) is 9.59 Å². The van der Waals surface area contributed by atoms with Crippen molar-refractivity contribution < 1.29 is 19.1 Å². The van der Waals surface area contributed by atoms with Crippen LogP contribution in [0.2, 0.25) is 0 Å². The fourth-order valence-electron chi connectivity index (χ4n) is 6.71. The van der Waals surface area contributed by atoms with Crippen LogP contribution in [-0.4, -0.2) is 66.2 Å². The van der Waals surface area contributed by atoms with Crippen LogP contribution in [0.15, 0.2) is 96.4 Å². The number of hydrogen-bond donors (Lipinski definition) is 2. The number of nitrogens with one attached hydrogen (secondary N) is 2. The minimum Gasteiger partial charge on any atom is -0.444 e. The minimum absolute atomic E-state index is 0.306. The van der Waals surface area contributed by atoms with Gasteiger partial charge in [0.05, 0.1) is 23.8 Å². The largest absolute Gasteiger partial charge is 0.444 e. The zero-order valence-corrected chi connectivity index (χ0v) is 31.1. The van der Waals surface area contributed by atoms with Crippen LogP contribution < -0.4 is 0 Å². The number of carbonyl (C=O) groups is 2. The molecule has 7 rings (SSSR count). The van der Waals surface area contributed by atoms with Crippen LogP contribution in [0.25, 0.3) is 44.4 Å². The Hall–Kier alpha value is -5.64. The Kier molecular flexibility index (Phi) is 8.80. The smallest absolute Gasteiger partial charge is 0.411 e. The van der Waals surface area contributed by atoms with Gasteiger partial charge in [-0.2, -0.15) is 0 Å². The molecule has 3 aromatic carbocycles. The summed E-state index contributed by atoms with van der Waals surface area (Å²) in [6, 6.07) is 20.6. The second-order valence-electron chi connectivity index (χ2n) is 15.9. The second-order valence-corrected chi connectivity index (χ2v) is 15.9. The van der Waals surface area contributed by atoms with E-state index >= 15 is 0 Å². The quantitative estimate of drug-likeness (QED) is 0.177. The molecule has 0 bridgehead atoms. The predicted octanol–water partition coefficient (Wildman–Crippen LogP) is 9.76. The summed E-state index contributed by atoms with van der Waals surface area (Å²) in [5.74, 6) is 1.41. The molecule has 0 saturated heterocycles. The van der Waals surface area contributed by atoms with Crippen LogP contribution in [0, 0.1) is 0 Å². The van der Waals surface area contributed by atoms with Crippen LogP contribution in [0.3, 0.4) is 0 Å². The van der Waals surface area contributed by atoms with Gasteiger partial charge in [-0.3, -0.25) is 9.80 Å². The molecule has 0 aliphatic carbocycles. The van der Waals surface area contributed by atoms with Gasteiger partial charge in [0.1, 0.15) is 34.9 Å². The number of aromatic amines is 2. The Bertz CT molecular complexity index is 2210. The number of benzene rings is 3. The molecule has 2 amide bonds. The molecule has 0 radical (unpaired) electrons. The van der Waals surface area contributed by atoms with Crippen LogP contribution in [0.1, 0.15) is 79.1 Å². The van der Waals surface area contributed by atoms with Gasteiger partial charge in [0, 0.05) is 18.7 Å². The topological polar surface area (TPSA) is 116 Å². The molecular weight excluding hydrogens is 653 g/mol. The summed E-state index contributed by atoms with van der Waals surface area (Å²) < 4.78 is 11.3. The Labute approximate surface area is 304 Å². The highest BCUT2D eigenvalue weighted by molar-refractivity contribution is 5.90. The number of amides is 2. The normalized spacial score (nSPS) is 17.8. The van der Waals surface area contributed by atoms with Gasteiger partial charge in [-0.1, -0.05) is 71.8 Å². The number of fused-ring (bicyclic) bond motifs is 1. The van der Waals surface area contributed by atoms with Crippen LogP contribution in [-0.2, 0) is 9.47 Å². The van der Waals surface area contributed by atoms with E-state index in [2.05, 4.69) is 92.8 Å². The van der Waals surface area contributed by atoms with Crippen LogP contribution in [0.4, 0.5) is 9.59 Å². The first-order valence-corrected chi connectivity index (χ1v) is 17.7. The van der Waals surface area contributed by atoms with Crippen molar-refractivity contribution in [3.8, 4) is 33.6 Å². The second kappa shape index (κ2) is 13.2. The zero-order chi connectivity index (χ0) is 36.9. The van der Waals surface area contributed by atoms with Crippen molar-refractivity contribution in [2.45, 2.75) is 78.7 Å². The molecule has 4 heterocycles. The number of carbonyl (C=O) groups excluding carboxylic acids is 2. The van der Waals surface area contributed by atoms with Crippen molar-refractivity contribution in [2.75, 3.05) is 13.1 Å². The van der Waals surface area contributed by atoms with E-state index in [4.69, 9.17) is 9.47 Å². The van der Waals surface area contributed by atoms with Crippen molar-refractivity contribution in [3.05, 3.63) is 108 Å². The highest BCUT2D eigenvalue weighted by Crippen LogP contribution is 2.35. The molecule has 268 valence electrons. The van der Waals surface area contributed by atoms with Crippen LogP contribution >= 0.6 is 0 Å². The molecule has 10 nitrogen and oxygen atoms in total. The third kappa shape index (κ3) is 7.37. The maximum Gasteiger partial charge on any atom is 0.411 e. The number of H-pyrrole nitrogens is 2. The lowest BCUT2D eigenvalue weighted by Gasteiger charge is -2.27. The van der Waals surface area contributed by atoms with E-state index in [0.717, 1.165) is 55.6 Å². The first-order valence-electron chi connectivity index (χ1n) is 17.7. The van der Waals surface area contributed by atoms with Crippen molar-refractivity contribution in [1.29, 1.82) is 0 Å². The molecule has 2 atom stereocenters. The highest BCUT2D eigenvalue weighted by atomic mass is 16.6. The van der Waals surface area contributed by atoms with Gasteiger partial charge in [-0.25, -0.2) is 19.6 Å². The van der Waals surface area contributed by atoms with E-state index in [1.165, 1.54) is 0 Å². The van der Waals surface area contributed by atoms with Crippen molar-refractivity contribution in [3.63, 3.8) is 0 Å². The standard InChI is InChI=1S/C42H46N6O4/c1-25-17-35(47(23-25)39(49)51-41(3,4)5)37-43-21-33(45-37)28-11-9-27(10-12-28)29-13-14-31-20-32(16-15-30(31)19-29)34-22-44-38(46-34)36-18-26(2)24-48(36)40(50)52-42(6,7)8/h9-22,35-36H,23-24H2,1-8H3,(H,43,45)(H,44,46)/t35?,36-/m0/s1. The monoisotopic (exact) mass is 698 g/mol. The summed E-state index contributed by atoms with van der Waals surface area (Å²) >= 11 is 0. The van der Waals surface area contributed by atoms with Gasteiger partial charge in [0.2, 0.25) is 0 Å². The summed E-state index contributed by atoms with van der Waals surface area (Å²) in [6.45, 7) is 16.3. The Morgan fingerprint density at radius 2 is 1.02 bits per heavy atom. The van der Waals surface area contributed by atoms with Crippen molar-refractivity contribution >= 4 is 23.0 Å². The highest BCUT2D eigenvalue weighted by Gasteiger charge is 2.35. The van der Waals surface area contributed by atoms with E-state index < -0.39 is 11.2 Å². The molecule has 2 aliphatic rings. The van der Waals surface area contributed by atoms with E-state index in [0.29, 0.717) is 24.7 Å². The number of imidazole rings is 2. The van der Waals surface area contributed by atoms with Crippen molar-refractivity contribution in [1.82, 2.24) is 29.7 Å². The molecule has 1 unspecified atom stereocenters. The minimum atomic E-state index is -0.576. The van der Waals surface area contributed by atoms with Crippen LogP contribution in [0.5, 0.6) is 0 Å². The van der Waals surface area contributed by atoms with Gasteiger partial charge < -0.3 is 19.4 Å². The summed E-state index contributed by atoms with van der Waals surface area (Å²) in [7, 11) is 0. The molecule has 2 aliphatic heterocycles. The van der Waals surface area contributed by atoms with Gasteiger partial charge >= 0.3 is 12.2 Å². The first-order chi connectivity index (χ1) is 24.6. The molecule has 0 spiro atoms. The molecule has 5 aromatic rings. The summed E-state index contributed by atoms with van der Waals surface area (Å²) in [5, 5.41) is 2.24. The molecule has 52 heavy (non-hydrogen) atoms. The average Bonchev–Trinajstić information content (AvgIpc) is 3.89. The molecule has 0 saturated carbocycles. The third-order valence-electron chi connectivity index (χ3n) is 9.08. The van der Waals surface area contributed by atoms with E-state index in [1.54, 1.807) is 9.80 Å². The van der Waals surface area contributed by atoms with Gasteiger partial charge in [0.25, 0.3) is 0 Å². The fourth-order valence-corrected chi connectivity index (χ4v) is 6.71. The van der Waals surface area contributed by atoms with Gasteiger partial charge in [-0.05, 0) is 95.0 Å². The Balaban J connectivity index is 1.05. The third-order valence-corrected chi connectivity index (χ3v) is 9.08. The fraction of sp³-hybridized carbons (Fsp3) is 0.333. The summed E-state index contributed by atoms with van der Waals surface area (Å²) in [6.07, 6.45) is 7.06. The van der Waals surface area contributed by atoms with E-state index in [1.807, 2.05) is 67.8 Å². The van der Waals surface area contributed by atoms with E-state index in [-0.39, 0.29) is 24.3 Å².